The summed E-state index contributed by atoms with van der Waals surface area (Å²) in [5.74, 6) is -0.423. The van der Waals surface area contributed by atoms with E-state index in [-0.39, 0.29) is 29.6 Å². The molecule has 0 fully saturated rings. The molecule has 0 aliphatic heterocycles. The van der Waals surface area contributed by atoms with E-state index >= 15 is 0 Å². The van der Waals surface area contributed by atoms with Gasteiger partial charge in [0.15, 0.2) is 0 Å². The van der Waals surface area contributed by atoms with Crippen LogP contribution in [-0.2, 0) is 15.9 Å². The van der Waals surface area contributed by atoms with Gasteiger partial charge in [-0.1, -0.05) is 30.3 Å². The average Bonchev–Trinajstić information content (AvgIpc) is 1.85. The van der Waals surface area contributed by atoms with Gasteiger partial charge in [0.05, 0.1) is 15.9 Å². The molecule has 3 nitrogen and oxygen atoms in total. The second-order valence-corrected chi connectivity index (χ2v) is 3.59. The van der Waals surface area contributed by atoms with Crippen molar-refractivity contribution in [3.8, 4) is 0 Å². The summed E-state index contributed by atoms with van der Waals surface area (Å²) in [6.45, 7) is 0. The molecule has 0 N–H and O–H groups in total. The standard InChI is InChI=1S/C7H8O3S.Na/c8-11(9,10)6-7-4-2-1-3-5-7;/h1-5H,6H2,(H,8,9,10);/q;+1/p-1. The molecule has 0 heterocycles. The van der Waals surface area contributed by atoms with E-state index in [1.54, 1.807) is 30.3 Å². The monoisotopic (exact) mass is 194 g/mol. The summed E-state index contributed by atoms with van der Waals surface area (Å²) in [5.41, 5.74) is 0.530. The van der Waals surface area contributed by atoms with Gasteiger partial charge in [-0.05, 0) is 5.56 Å². The molecule has 0 amide bonds. The zero-order valence-corrected chi connectivity index (χ0v) is 9.54. The van der Waals surface area contributed by atoms with Gasteiger partial charge in [0.2, 0.25) is 0 Å². The molecule has 0 saturated carbocycles. The topological polar surface area (TPSA) is 57.2 Å². The molecule has 0 bridgehead atoms. The Balaban J connectivity index is 0.00000121. The quantitative estimate of drug-likeness (QED) is 0.394. The molecule has 5 heteroatoms. The van der Waals surface area contributed by atoms with Gasteiger partial charge in [0.1, 0.15) is 0 Å². The summed E-state index contributed by atoms with van der Waals surface area (Å²) >= 11 is 0. The Morgan fingerprint density at radius 3 is 2.08 bits per heavy atom. The zero-order valence-electron chi connectivity index (χ0n) is 6.73. The van der Waals surface area contributed by atoms with Crippen molar-refractivity contribution in [1.29, 1.82) is 0 Å². The van der Waals surface area contributed by atoms with Gasteiger partial charge < -0.3 is 4.55 Å². The van der Waals surface area contributed by atoms with E-state index in [1.165, 1.54) is 0 Å². The van der Waals surface area contributed by atoms with Crippen LogP contribution < -0.4 is 29.6 Å². The van der Waals surface area contributed by atoms with Crippen molar-refractivity contribution in [2.75, 3.05) is 0 Å². The first kappa shape index (κ1) is 12.1. The van der Waals surface area contributed by atoms with Gasteiger partial charge in [-0.15, -0.1) is 0 Å². The summed E-state index contributed by atoms with van der Waals surface area (Å²) in [7, 11) is -4.13. The molecule has 1 rings (SSSR count). The predicted octanol–water partition coefficient (Wildman–Crippen LogP) is -2.26. The van der Waals surface area contributed by atoms with E-state index in [2.05, 4.69) is 0 Å². The summed E-state index contributed by atoms with van der Waals surface area (Å²) in [6, 6.07) is 8.37. The summed E-state index contributed by atoms with van der Waals surface area (Å²) in [4.78, 5) is 0. The average molecular weight is 194 g/mol. The predicted molar refractivity (Wildman–Crippen MR) is 39.8 cm³/mol. The zero-order chi connectivity index (χ0) is 8.32. The van der Waals surface area contributed by atoms with Crippen molar-refractivity contribution in [2.45, 2.75) is 5.75 Å². The fraction of sp³-hybridized carbons (Fsp3) is 0.143. The maximum Gasteiger partial charge on any atom is 1.00 e. The molecule has 12 heavy (non-hydrogen) atoms. The van der Waals surface area contributed by atoms with E-state index in [0.717, 1.165) is 0 Å². The fourth-order valence-corrected chi connectivity index (χ4v) is 1.38. The normalized spacial score (nSPS) is 10.4. The van der Waals surface area contributed by atoms with Gasteiger partial charge in [-0.25, -0.2) is 8.42 Å². The van der Waals surface area contributed by atoms with Crippen LogP contribution in [0.2, 0.25) is 0 Å². The molecule has 60 valence electrons. The molecule has 0 aromatic heterocycles. The van der Waals surface area contributed by atoms with Crippen LogP contribution in [0.25, 0.3) is 0 Å². The largest absolute Gasteiger partial charge is 1.00 e. The molecule has 0 unspecified atom stereocenters. The van der Waals surface area contributed by atoms with Crippen LogP contribution in [0, 0.1) is 0 Å². The molecule has 0 atom stereocenters. The summed E-state index contributed by atoms with van der Waals surface area (Å²) in [5, 5.41) is 0. The van der Waals surface area contributed by atoms with Gasteiger partial charge in [-0.2, -0.15) is 0 Å². The Labute approximate surface area is 93.8 Å². The molecule has 0 radical (unpaired) electrons. The van der Waals surface area contributed by atoms with Crippen LogP contribution in [0.3, 0.4) is 0 Å². The Morgan fingerprint density at radius 1 is 1.17 bits per heavy atom. The minimum atomic E-state index is -4.13. The van der Waals surface area contributed by atoms with Gasteiger partial charge in [0.25, 0.3) is 0 Å². The molecule has 1 aromatic carbocycles. The van der Waals surface area contributed by atoms with Crippen LogP contribution in [0.5, 0.6) is 0 Å². The number of hydrogen-bond donors (Lipinski definition) is 0. The van der Waals surface area contributed by atoms with Crippen molar-refractivity contribution in [3.05, 3.63) is 35.9 Å². The third-order valence-corrected chi connectivity index (χ3v) is 1.87. The molecule has 0 saturated heterocycles. The first-order valence-electron chi connectivity index (χ1n) is 3.05. The minimum absolute atomic E-state index is 0. The van der Waals surface area contributed by atoms with Crippen molar-refractivity contribution >= 4 is 10.1 Å². The third kappa shape index (κ3) is 4.90. The number of benzene rings is 1. The number of rotatable bonds is 2. The smallest absolute Gasteiger partial charge is 0.748 e. The Morgan fingerprint density at radius 2 is 1.67 bits per heavy atom. The van der Waals surface area contributed by atoms with E-state index in [4.69, 9.17) is 0 Å². The van der Waals surface area contributed by atoms with Crippen LogP contribution in [0.1, 0.15) is 5.56 Å². The molecule has 0 aliphatic carbocycles. The van der Waals surface area contributed by atoms with Gasteiger partial charge in [0, 0.05) is 0 Å². The van der Waals surface area contributed by atoms with Crippen LogP contribution in [0.4, 0.5) is 0 Å². The maximum absolute atomic E-state index is 10.2. The Hall–Kier alpha value is 0.130. The molecule has 0 spiro atoms. The van der Waals surface area contributed by atoms with Gasteiger partial charge >= 0.3 is 29.6 Å². The summed E-state index contributed by atoms with van der Waals surface area (Å²) < 4.78 is 30.7. The SMILES string of the molecule is O=S(=O)([O-])Cc1ccccc1.[Na+]. The molecule has 0 aliphatic rings. The molecule has 1 aromatic rings. The number of hydrogen-bond acceptors (Lipinski definition) is 3. The molecular formula is C7H7NaO3S. The maximum atomic E-state index is 10.2. The fourth-order valence-electron chi connectivity index (χ4n) is 0.778. The third-order valence-electron chi connectivity index (χ3n) is 1.19. The van der Waals surface area contributed by atoms with Crippen molar-refractivity contribution < 1.29 is 42.5 Å². The van der Waals surface area contributed by atoms with Crippen molar-refractivity contribution in [2.24, 2.45) is 0 Å². The van der Waals surface area contributed by atoms with E-state index in [9.17, 15) is 13.0 Å². The summed E-state index contributed by atoms with van der Waals surface area (Å²) in [6.07, 6.45) is 0. The van der Waals surface area contributed by atoms with E-state index in [0.29, 0.717) is 5.56 Å². The molecular weight excluding hydrogens is 187 g/mol. The Kier molecular flexibility index (Phi) is 5.04. The minimum Gasteiger partial charge on any atom is -0.748 e. The Bertz CT molecular complexity index is 320. The second kappa shape index (κ2) is 4.99. The van der Waals surface area contributed by atoms with Crippen molar-refractivity contribution in [3.63, 3.8) is 0 Å². The second-order valence-electron chi connectivity index (χ2n) is 2.19. The van der Waals surface area contributed by atoms with Crippen LogP contribution in [-0.4, -0.2) is 13.0 Å². The van der Waals surface area contributed by atoms with Gasteiger partial charge in [-0.3, -0.25) is 0 Å². The van der Waals surface area contributed by atoms with Crippen LogP contribution >= 0.6 is 0 Å². The first-order valence-corrected chi connectivity index (χ1v) is 4.63. The van der Waals surface area contributed by atoms with E-state index < -0.39 is 15.9 Å². The van der Waals surface area contributed by atoms with Crippen molar-refractivity contribution in [1.82, 2.24) is 0 Å². The van der Waals surface area contributed by atoms with Crippen LogP contribution in [0.15, 0.2) is 30.3 Å². The first-order chi connectivity index (χ1) is 5.08. The van der Waals surface area contributed by atoms with E-state index in [1.807, 2.05) is 0 Å².